The lowest BCUT2D eigenvalue weighted by Crippen LogP contribution is -3.27. The fraction of sp³-hybridized carbons (Fsp3) is 1.00. The zero-order valence-electron chi connectivity index (χ0n) is 6.07. The number of hydrogen-bond acceptors (Lipinski definition) is 1. The Morgan fingerprint density at radius 3 is 2.30 bits per heavy atom. The van der Waals surface area contributed by atoms with Gasteiger partial charge in [-0.25, -0.2) is 4.90 Å². The molecule has 3 saturated heterocycles. The first-order valence-electron chi connectivity index (χ1n) is 4.02. The van der Waals surface area contributed by atoms with E-state index in [0.717, 1.165) is 5.66 Å². The summed E-state index contributed by atoms with van der Waals surface area (Å²) in [5.74, 6) is 0. The van der Waals surface area contributed by atoms with Crippen LogP contribution in [0.25, 0.3) is 0 Å². The number of rotatable bonds is 0. The van der Waals surface area contributed by atoms with Crippen molar-refractivity contribution in [3.63, 3.8) is 0 Å². The maximum atomic E-state index is 2.67. The molecule has 0 bridgehead atoms. The second kappa shape index (κ2) is 2.08. The molecule has 3 heteroatoms. The Morgan fingerprint density at radius 2 is 2.00 bits per heavy atom. The van der Waals surface area contributed by atoms with Gasteiger partial charge < -0.3 is 28.9 Å². The molecule has 10 heavy (non-hydrogen) atoms. The molecule has 58 valence electrons. The number of quaternary nitrogens is 1. The van der Waals surface area contributed by atoms with E-state index in [2.05, 4.69) is 4.90 Å². The normalized spacial score (nSPS) is 49.8. The van der Waals surface area contributed by atoms with Crippen molar-refractivity contribution in [1.82, 2.24) is 4.90 Å². The van der Waals surface area contributed by atoms with Gasteiger partial charge in [-0.15, -0.1) is 0 Å². The van der Waals surface area contributed by atoms with Gasteiger partial charge in [-0.05, 0) is 0 Å². The summed E-state index contributed by atoms with van der Waals surface area (Å²) in [7, 11) is 0. The summed E-state index contributed by atoms with van der Waals surface area (Å²) >= 11 is 0. The van der Waals surface area contributed by atoms with E-state index in [9.17, 15) is 0 Å². The number of halogens is 1. The Bertz CT molecular complexity index is 142. The molecule has 3 fully saturated rings. The maximum Gasteiger partial charge on any atom is 0.160 e. The van der Waals surface area contributed by atoms with Gasteiger partial charge in [0, 0.05) is 13.0 Å². The molecule has 0 aromatic rings. The molecule has 0 amide bonds. The van der Waals surface area contributed by atoms with E-state index in [1.165, 1.54) is 39.0 Å². The highest BCUT2D eigenvalue weighted by atomic mass is 127. The van der Waals surface area contributed by atoms with E-state index in [1.807, 2.05) is 4.90 Å². The Balaban J connectivity index is 0.000000403. The largest absolute Gasteiger partial charge is 1.00 e. The van der Waals surface area contributed by atoms with Crippen LogP contribution in [0.4, 0.5) is 0 Å². The van der Waals surface area contributed by atoms with Crippen LogP contribution in [0.5, 0.6) is 0 Å². The molecular weight excluding hydrogens is 239 g/mol. The molecule has 2 atom stereocenters. The van der Waals surface area contributed by atoms with Crippen molar-refractivity contribution in [2.24, 2.45) is 0 Å². The van der Waals surface area contributed by atoms with Crippen LogP contribution in [0.15, 0.2) is 0 Å². The first-order chi connectivity index (χ1) is 4.42. The molecule has 0 radical (unpaired) electrons. The lowest BCUT2D eigenvalue weighted by molar-refractivity contribution is -0.998. The van der Waals surface area contributed by atoms with Crippen LogP contribution in [0.2, 0.25) is 0 Å². The average Bonchev–Trinajstić information content (AvgIpc) is 1.85. The topological polar surface area (TPSA) is 7.68 Å². The monoisotopic (exact) mass is 252 g/mol. The molecular formula is C7H13IN2. The van der Waals surface area contributed by atoms with Crippen LogP contribution < -0.4 is 28.9 Å². The zero-order chi connectivity index (χ0) is 5.90. The van der Waals surface area contributed by atoms with Crippen molar-refractivity contribution in [2.45, 2.75) is 18.5 Å². The van der Waals surface area contributed by atoms with Crippen LogP contribution in [-0.4, -0.2) is 36.7 Å². The summed E-state index contributed by atoms with van der Waals surface area (Å²) in [4.78, 5) is 4.56. The van der Waals surface area contributed by atoms with Gasteiger partial charge in [-0.1, -0.05) is 0 Å². The Labute approximate surface area is 78.6 Å². The van der Waals surface area contributed by atoms with E-state index in [0.29, 0.717) is 0 Å². The highest BCUT2D eigenvalue weighted by molar-refractivity contribution is 4.97. The molecule has 3 heterocycles. The molecule has 2 nitrogen and oxygen atoms in total. The van der Waals surface area contributed by atoms with Gasteiger partial charge in [-0.3, -0.25) is 0 Å². The minimum Gasteiger partial charge on any atom is -1.00 e. The molecule has 0 aliphatic carbocycles. The molecule has 0 aromatic carbocycles. The van der Waals surface area contributed by atoms with Gasteiger partial charge in [-0.2, -0.15) is 0 Å². The first kappa shape index (κ1) is 7.31. The Kier molecular flexibility index (Phi) is 1.52. The molecule has 3 rings (SSSR count). The van der Waals surface area contributed by atoms with E-state index in [4.69, 9.17) is 0 Å². The standard InChI is InChI=1S/C7H12N2.HI/c1-3-8-5-6-9-4-2-7(1,8)9;/h1-6H2;1H. The van der Waals surface area contributed by atoms with Crippen molar-refractivity contribution in [3.8, 4) is 0 Å². The summed E-state index contributed by atoms with van der Waals surface area (Å²) < 4.78 is 0. The van der Waals surface area contributed by atoms with Gasteiger partial charge >= 0.3 is 0 Å². The van der Waals surface area contributed by atoms with Crippen LogP contribution >= 0.6 is 0 Å². The SMILES string of the molecule is C1C[NH+]2CCC23CCN13.[I-]. The minimum absolute atomic E-state index is 0. The Morgan fingerprint density at radius 1 is 1.10 bits per heavy atom. The van der Waals surface area contributed by atoms with Gasteiger partial charge in [0.1, 0.15) is 0 Å². The van der Waals surface area contributed by atoms with Crippen molar-refractivity contribution < 1.29 is 28.9 Å². The third-order valence-electron chi connectivity index (χ3n) is 3.58. The summed E-state index contributed by atoms with van der Waals surface area (Å²) in [6, 6.07) is 0. The van der Waals surface area contributed by atoms with Gasteiger partial charge in [0.05, 0.1) is 26.1 Å². The van der Waals surface area contributed by atoms with Crippen molar-refractivity contribution in [1.29, 1.82) is 0 Å². The summed E-state index contributed by atoms with van der Waals surface area (Å²) in [5.41, 5.74) is 0.722. The predicted octanol–water partition coefficient (Wildman–Crippen LogP) is -4.31. The number of nitrogens with one attached hydrogen (secondary N) is 1. The third kappa shape index (κ3) is 0.576. The second-order valence-electron chi connectivity index (χ2n) is 3.62. The van der Waals surface area contributed by atoms with Gasteiger partial charge in [0.25, 0.3) is 0 Å². The lowest BCUT2D eigenvalue weighted by Gasteiger charge is -2.54. The second-order valence-corrected chi connectivity index (χ2v) is 3.62. The predicted molar refractivity (Wildman–Crippen MR) is 34.2 cm³/mol. The maximum absolute atomic E-state index is 2.67. The summed E-state index contributed by atoms with van der Waals surface area (Å²) in [6.45, 7) is 5.66. The van der Waals surface area contributed by atoms with Crippen LogP contribution in [0.3, 0.4) is 0 Å². The number of hydrogen-bond donors (Lipinski definition) is 1. The van der Waals surface area contributed by atoms with Crippen LogP contribution in [-0.2, 0) is 0 Å². The molecule has 3 aliphatic heterocycles. The minimum atomic E-state index is 0. The molecule has 0 saturated carbocycles. The highest BCUT2D eigenvalue weighted by Crippen LogP contribution is 2.34. The summed E-state index contributed by atoms with van der Waals surface area (Å²) in [5, 5.41) is 0. The number of nitrogens with zero attached hydrogens (tertiary/aromatic N) is 1. The summed E-state index contributed by atoms with van der Waals surface area (Å²) in [6.07, 6.45) is 2.98. The van der Waals surface area contributed by atoms with Crippen LogP contribution in [0.1, 0.15) is 12.8 Å². The molecule has 0 aromatic heterocycles. The highest BCUT2D eigenvalue weighted by Gasteiger charge is 2.63. The third-order valence-corrected chi connectivity index (χ3v) is 3.58. The van der Waals surface area contributed by atoms with E-state index in [1.54, 1.807) is 0 Å². The molecule has 3 aliphatic rings. The Hall–Kier alpha value is 0.650. The first-order valence-corrected chi connectivity index (χ1v) is 4.02. The fourth-order valence-corrected chi connectivity index (χ4v) is 2.77. The van der Waals surface area contributed by atoms with E-state index < -0.39 is 0 Å². The van der Waals surface area contributed by atoms with Gasteiger partial charge in [0.15, 0.2) is 5.66 Å². The quantitative estimate of drug-likeness (QED) is 0.429. The zero-order valence-corrected chi connectivity index (χ0v) is 8.23. The van der Waals surface area contributed by atoms with Gasteiger partial charge in [0.2, 0.25) is 0 Å². The lowest BCUT2D eigenvalue weighted by atomic mass is 9.85. The fourth-order valence-electron chi connectivity index (χ4n) is 2.77. The van der Waals surface area contributed by atoms with E-state index >= 15 is 0 Å². The van der Waals surface area contributed by atoms with E-state index in [-0.39, 0.29) is 24.0 Å². The van der Waals surface area contributed by atoms with Crippen LogP contribution in [0, 0.1) is 0 Å². The van der Waals surface area contributed by atoms with Crippen molar-refractivity contribution >= 4 is 0 Å². The molecule has 1 spiro atoms. The molecule has 1 N–H and O–H groups in total. The van der Waals surface area contributed by atoms with Crippen molar-refractivity contribution in [3.05, 3.63) is 0 Å². The average molecular weight is 252 g/mol. The smallest absolute Gasteiger partial charge is 0.160 e. The van der Waals surface area contributed by atoms with Crippen molar-refractivity contribution in [2.75, 3.05) is 26.2 Å². The molecule has 2 unspecified atom stereocenters.